The third-order valence-electron chi connectivity index (χ3n) is 3.65. The molecule has 0 aromatic heterocycles. The fourth-order valence-corrected chi connectivity index (χ4v) is 5.52. The van der Waals surface area contributed by atoms with Gasteiger partial charge in [0.2, 0.25) is 0 Å². The SMILES string of the molecule is COC(=O)C1(NC(C)C)CCCC(SCCS(C)(=O)=O)C1. The molecule has 0 amide bonds. The summed E-state index contributed by atoms with van der Waals surface area (Å²) in [5, 5.41) is 3.67. The molecule has 0 heterocycles. The fourth-order valence-electron chi connectivity index (χ4n) is 2.86. The molecule has 1 fully saturated rings. The zero-order valence-electron chi connectivity index (χ0n) is 13.3. The van der Waals surface area contributed by atoms with E-state index >= 15 is 0 Å². The van der Waals surface area contributed by atoms with Crippen LogP contribution >= 0.6 is 11.8 Å². The molecule has 0 spiro atoms. The van der Waals surface area contributed by atoms with Crippen molar-refractivity contribution in [3.8, 4) is 0 Å². The van der Waals surface area contributed by atoms with Gasteiger partial charge in [0.1, 0.15) is 15.4 Å². The van der Waals surface area contributed by atoms with Gasteiger partial charge in [0.15, 0.2) is 0 Å². The van der Waals surface area contributed by atoms with E-state index in [1.807, 2.05) is 13.8 Å². The van der Waals surface area contributed by atoms with Crippen LogP contribution in [0, 0.1) is 0 Å². The maximum absolute atomic E-state index is 12.2. The van der Waals surface area contributed by atoms with E-state index in [0.29, 0.717) is 17.4 Å². The molecule has 2 unspecified atom stereocenters. The summed E-state index contributed by atoms with van der Waals surface area (Å²) in [6.07, 6.45) is 4.71. The van der Waals surface area contributed by atoms with Crippen molar-refractivity contribution >= 4 is 27.6 Å². The summed E-state index contributed by atoms with van der Waals surface area (Å²) in [6, 6.07) is 0.198. The molecule has 1 N–H and O–H groups in total. The smallest absolute Gasteiger partial charge is 0.326 e. The van der Waals surface area contributed by atoms with Gasteiger partial charge >= 0.3 is 5.97 Å². The predicted octanol–water partition coefficient (Wildman–Crippen LogP) is 1.62. The zero-order chi connectivity index (χ0) is 16.1. The van der Waals surface area contributed by atoms with E-state index in [1.54, 1.807) is 11.8 Å². The first kappa shape index (κ1) is 18.8. The van der Waals surface area contributed by atoms with Crippen LogP contribution in [0.1, 0.15) is 39.5 Å². The highest BCUT2D eigenvalue weighted by Crippen LogP contribution is 2.36. The highest BCUT2D eigenvalue weighted by molar-refractivity contribution is 8.01. The Morgan fingerprint density at radius 1 is 1.48 bits per heavy atom. The summed E-state index contributed by atoms with van der Waals surface area (Å²) in [5.74, 6) is 0.573. The van der Waals surface area contributed by atoms with Crippen molar-refractivity contribution < 1.29 is 17.9 Å². The fraction of sp³-hybridized carbons (Fsp3) is 0.929. The molecule has 1 rings (SSSR count). The molecule has 2 atom stereocenters. The molecule has 1 saturated carbocycles. The summed E-state index contributed by atoms with van der Waals surface area (Å²) in [7, 11) is -1.50. The number of sulfone groups is 1. The van der Waals surface area contributed by atoms with Gasteiger partial charge in [-0.15, -0.1) is 0 Å². The van der Waals surface area contributed by atoms with E-state index in [1.165, 1.54) is 13.4 Å². The van der Waals surface area contributed by atoms with Gasteiger partial charge in [0.05, 0.1) is 12.9 Å². The van der Waals surface area contributed by atoms with Crippen molar-refractivity contribution in [1.29, 1.82) is 0 Å². The molecule has 0 saturated heterocycles. The number of hydrogen-bond acceptors (Lipinski definition) is 6. The summed E-state index contributed by atoms with van der Waals surface area (Å²) in [4.78, 5) is 12.2. The number of esters is 1. The summed E-state index contributed by atoms with van der Waals surface area (Å²) >= 11 is 1.65. The molecule has 1 aliphatic carbocycles. The quantitative estimate of drug-likeness (QED) is 0.712. The summed E-state index contributed by atoms with van der Waals surface area (Å²) < 4.78 is 27.4. The topological polar surface area (TPSA) is 72.5 Å². The first-order chi connectivity index (χ1) is 9.68. The minimum atomic E-state index is -2.92. The average molecular weight is 338 g/mol. The molecule has 0 radical (unpaired) electrons. The Labute approximate surface area is 132 Å². The van der Waals surface area contributed by atoms with Gasteiger partial charge in [0.25, 0.3) is 0 Å². The molecule has 0 bridgehead atoms. The second kappa shape index (κ2) is 7.83. The van der Waals surface area contributed by atoms with Gasteiger partial charge in [-0.3, -0.25) is 10.1 Å². The van der Waals surface area contributed by atoms with Gasteiger partial charge in [-0.1, -0.05) is 0 Å². The third-order valence-corrected chi connectivity index (χ3v) is 6.17. The lowest BCUT2D eigenvalue weighted by Gasteiger charge is -2.40. The minimum Gasteiger partial charge on any atom is -0.468 e. The Balaban J connectivity index is 2.67. The monoisotopic (exact) mass is 337 g/mol. The molecular formula is C14H27NO4S2. The van der Waals surface area contributed by atoms with E-state index in [0.717, 1.165) is 19.3 Å². The van der Waals surface area contributed by atoms with Crippen molar-refractivity contribution in [2.24, 2.45) is 0 Å². The van der Waals surface area contributed by atoms with Gasteiger partial charge in [-0.05, 0) is 39.5 Å². The van der Waals surface area contributed by atoms with Crippen LogP contribution in [0.4, 0.5) is 0 Å². The highest BCUT2D eigenvalue weighted by atomic mass is 32.2. The van der Waals surface area contributed by atoms with Crippen LogP contribution in [-0.2, 0) is 19.4 Å². The molecule has 0 aromatic carbocycles. The largest absolute Gasteiger partial charge is 0.468 e. The van der Waals surface area contributed by atoms with Gasteiger partial charge < -0.3 is 4.74 Å². The standard InChI is InChI=1S/C14H27NO4S2/c1-11(2)15-14(13(16)19-3)7-5-6-12(10-14)20-8-9-21(4,17)18/h11-12,15H,5-10H2,1-4H3. The lowest BCUT2D eigenvalue weighted by molar-refractivity contribution is -0.150. The van der Waals surface area contributed by atoms with Gasteiger partial charge in [-0.2, -0.15) is 11.8 Å². The second-order valence-electron chi connectivity index (χ2n) is 6.09. The van der Waals surface area contributed by atoms with Crippen molar-refractivity contribution in [2.75, 3.05) is 24.9 Å². The molecule has 7 heteroatoms. The Morgan fingerprint density at radius 2 is 2.14 bits per heavy atom. The molecule has 0 aromatic rings. The zero-order valence-corrected chi connectivity index (χ0v) is 15.0. The number of thioether (sulfide) groups is 1. The van der Waals surface area contributed by atoms with Crippen molar-refractivity contribution in [3.05, 3.63) is 0 Å². The number of ether oxygens (including phenoxy) is 1. The van der Waals surface area contributed by atoms with E-state index in [9.17, 15) is 13.2 Å². The number of carbonyl (C=O) groups excluding carboxylic acids is 1. The number of carbonyl (C=O) groups is 1. The first-order valence-corrected chi connectivity index (χ1v) is 10.4. The Bertz CT molecular complexity index is 450. The number of nitrogens with one attached hydrogen (secondary N) is 1. The van der Waals surface area contributed by atoms with E-state index in [4.69, 9.17) is 4.74 Å². The lowest BCUT2D eigenvalue weighted by Crippen LogP contribution is -2.58. The molecular weight excluding hydrogens is 310 g/mol. The van der Waals surface area contributed by atoms with Crippen LogP contribution in [0.5, 0.6) is 0 Å². The van der Waals surface area contributed by atoms with Gasteiger partial charge in [0, 0.05) is 23.3 Å². The van der Waals surface area contributed by atoms with Crippen LogP contribution in [-0.4, -0.2) is 56.1 Å². The lowest BCUT2D eigenvalue weighted by atomic mass is 9.81. The van der Waals surface area contributed by atoms with Crippen LogP contribution < -0.4 is 5.32 Å². The van der Waals surface area contributed by atoms with Crippen LogP contribution in [0.3, 0.4) is 0 Å². The highest BCUT2D eigenvalue weighted by Gasteiger charge is 2.44. The first-order valence-electron chi connectivity index (χ1n) is 7.34. The van der Waals surface area contributed by atoms with Crippen molar-refractivity contribution in [1.82, 2.24) is 5.32 Å². The molecule has 1 aliphatic rings. The van der Waals surface area contributed by atoms with E-state index < -0.39 is 15.4 Å². The van der Waals surface area contributed by atoms with Crippen LogP contribution in [0.15, 0.2) is 0 Å². The van der Waals surface area contributed by atoms with E-state index in [-0.39, 0.29) is 17.8 Å². The van der Waals surface area contributed by atoms with E-state index in [2.05, 4.69) is 5.32 Å². The maximum Gasteiger partial charge on any atom is 0.326 e. The molecule has 0 aliphatic heterocycles. The number of rotatable bonds is 7. The van der Waals surface area contributed by atoms with Gasteiger partial charge in [-0.25, -0.2) is 8.42 Å². The number of hydrogen-bond donors (Lipinski definition) is 1. The maximum atomic E-state index is 12.2. The Kier molecular flexibility index (Phi) is 7.00. The number of methoxy groups -OCH3 is 1. The normalized spacial score (nSPS) is 26.8. The average Bonchev–Trinajstić information content (AvgIpc) is 2.35. The Morgan fingerprint density at radius 3 is 2.67 bits per heavy atom. The molecule has 124 valence electrons. The summed E-state index contributed by atoms with van der Waals surface area (Å²) in [6.45, 7) is 4.04. The van der Waals surface area contributed by atoms with Crippen LogP contribution in [0.2, 0.25) is 0 Å². The minimum absolute atomic E-state index is 0.191. The summed E-state index contributed by atoms with van der Waals surface area (Å²) in [5.41, 5.74) is -0.621. The van der Waals surface area contributed by atoms with Crippen molar-refractivity contribution in [2.45, 2.75) is 56.4 Å². The Hall–Kier alpha value is -0.270. The second-order valence-corrected chi connectivity index (χ2v) is 9.76. The third kappa shape index (κ3) is 6.16. The van der Waals surface area contributed by atoms with Crippen LogP contribution in [0.25, 0.3) is 0 Å². The van der Waals surface area contributed by atoms with Crippen molar-refractivity contribution in [3.63, 3.8) is 0 Å². The molecule has 5 nitrogen and oxygen atoms in total. The molecule has 21 heavy (non-hydrogen) atoms. The predicted molar refractivity (Wildman–Crippen MR) is 87.4 cm³/mol.